The highest BCUT2D eigenvalue weighted by molar-refractivity contribution is 5.82. The fraction of sp³-hybridized carbons (Fsp3) is 0.333. The lowest BCUT2D eigenvalue weighted by atomic mass is 10.1. The lowest BCUT2D eigenvalue weighted by molar-refractivity contribution is 0.105. The molecule has 0 fully saturated rings. The Bertz CT molecular complexity index is 881. The van der Waals surface area contributed by atoms with Gasteiger partial charge in [0, 0.05) is 36.8 Å². The number of aliphatic hydroxyl groups excluding tert-OH is 1. The van der Waals surface area contributed by atoms with Crippen LogP contribution in [-0.4, -0.2) is 47.4 Å². The summed E-state index contributed by atoms with van der Waals surface area (Å²) in [5.41, 5.74) is 2.73. The van der Waals surface area contributed by atoms with Crippen molar-refractivity contribution in [1.82, 2.24) is 15.3 Å². The molecule has 0 spiro atoms. The number of nitrogens with zero attached hydrogens (tertiary/aromatic N) is 2. The molecule has 142 valence electrons. The number of aliphatic hydroxyl groups is 1. The molecule has 6 heteroatoms. The summed E-state index contributed by atoms with van der Waals surface area (Å²) in [6.07, 6.45) is 1.26. The summed E-state index contributed by atoms with van der Waals surface area (Å²) in [6.45, 7) is 4.85. The molecule has 0 amide bonds. The molecule has 2 aromatic heterocycles. The van der Waals surface area contributed by atoms with Gasteiger partial charge < -0.3 is 20.5 Å². The first kappa shape index (κ1) is 19.1. The van der Waals surface area contributed by atoms with Crippen molar-refractivity contribution in [3.05, 3.63) is 48.7 Å². The van der Waals surface area contributed by atoms with Gasteiger partial charge in [0.05, 0.1) is 11.2 Å². The smallest absolute Gasteiger partial charge is 0.125 e. The number of hydrogen-bond acceptors (Lipinski definition) is 6. The molecule has 3 N–H and O–H groups in total. The van der Waals surface area contributed by atoms with Crippen LogP contribution in [0.4, 0.5) is 5.82 Å². The molecule has 3 aromatic rings. The van der Waals surface area contributed by atoms with Crippen molar-refractivity contribution in [3.63, 3.8) is 0 Å². The first-order valence-electron chi connectivity index (χ1n) is 9.14. The van der Waals surface area contributed by atoms with Crippen LogP contribution in [-0.2, 0) is 0 Å². The fourth-order valence-corrected chi connectivity index (χ4v) is 2.67. The Hall–Kier alpha value is -2.70. The molecule has 0 aliphatic carbocycles. The molecule has 27 heavy (non-hydrogen) atoms. The van der Waals surface area contributed by atoms with Gasteiger partial charge in [0.2, 0.25) is 0 Å². The van der Waals surface area contributed by atoms with E-state index >= 15 is 0 Å². The van der Waals surface area contributed by atoms with Crippen LogP contribution in [0.15, 0.2) is 48.7 Å². The lowest BCUT2D eigenvalue weighted by Crippen LogP contribution is -2.35. The minimum atomic E-state index is -0.545. The Morgan fingerprint density at radius 1 is 1.11 bits per heavy atom. The standard InChI is InChI=1S/C21H26N4O2/c1-14(2)23-12-17(26)13-27-18-6-8-19-15(10-18)4-7-20(25-19)16-5-9-21(22-3)24-11-16/h4-11,14,17,23,26H,12-13H2,1-3H3,(H,22,24). The Balaban J connectivity index is 1.69. The predicted molar refractivity (Wildman–Crippen MR) is 109 cm³/mol. The summed E-state index contributed by atoms with van der Waals surface area (Å²) in [7, 11) is 1.84. The maximum Gasteiger partial charge on any atom is 0.125 e. The summed E-state index contributed by atoms with van der Waals surface area (Å²) in [4.78, 5) is 9.05. The van der Waals surface area contributed by atoms with E-state index in [9.17, 15) is 5.11 Å². The van der Waals surface area contributed by atoms with Gasteiger partial charge in [0.15, 0.2) is 0 Å². The van der Waals surface area contributed by atoms with Gasteiger partial charge >= 0.3 is 0 Å². The zero-order valence-electron chi connectivity index (χ0n) is 15.9. The van der Waals surface area contributed by atoms with Gasteiger partial charge in [-0.3, -0.25) is 0 Å². The van der Waals surface area contributed by atoms with E-state index in [0.717, 1.165) is 33.7 Å². The van der Waals surface area contributed by atoms with Crippen LogP contribution in [0.25, 0.3) is 22.2 Å². The third-order valence-corrected chi connectivity index (χ3v) is 4.18. The molecule has 2 heterocycles. The fourth-order valence-electron chi connectivity index (χ4n) is 2.67. The van der Waals surface area contributed by atoms with Crippen molar-refractivity contribution in [2.75, 3.05) is 25.5 Å². The van der Waals surface area contributed by atoms with Crippen LogP contribution in [0.3, 0.4) is 0 Å². The van der Waals surface area contributed by atoms with Crippen molar-refractivity contribution in [3.8, 4) is 17.0 Å². The normalized spacial score (nSPS) is 12.3. The molecular formula is C21H26N4O2. The van der Waals surface area contributed by atoms with Crippen LogP contribution < -0.4 is 15.4 Å². The van der Waals surface area contributed by atoms with Gasteiger partial charge in [-0.2, -0.15) is 0 Å². The minimum absolute atomic E-state index is 0.250. The molecule has 0 radical (unpaired) electrons. The second kappa shape index (κ2) is 8.79. The zero-order valence-corrected chi connectivity index (χ0v) is 15.9. The van der Waals surface area contributed by atoms with Crippen molar-refractivity contribution in [2.24, 2.45) is 0 Å². The number of hydrogen-bond donors (Lipinski definition) is 3. The lowest BCUT2D eigenvalue weighted by Gasteiger charge is -2.15. The summed E-state index contributed by atoms with van der Waals surface area (Å²) in [5.74, 6) is 1.55. The monoisotopic (exact) mass is 366 g/mol. The number of ether oxygens (including phenoxy) is 1. The van der Waals surface area contributed by atoms with Gasteiger partial charge in [-0.25, -0.2) is 9.97 Å². The molecular weight excluding hydrogens is 340 g/mol. The highest BCUT2D eigenvalue weighted by Crippen LogP contribution is 2.24. The SMILES string of the molecule is CNc1ccc(-c2ccc3cc(OCC(O)CNC(C)C)ccc3n2)cn1. The molecule has 0 bridgehead atoms. The van der Waals surface area contributed by atoms with Crippen LogP contribution in [0.2, 0.25) is 0 Å². The molecule has 1 unspecified atom stereocenters. The second-order valence-corrected chi connectivity index (χ2v) is 6.76. The number of rotatable bonds is 8. The topological polar surface area (TPSA) is 79.3 Å². The third kappa shape index (κ3) is 5.15. The van der Waals surface area contributed by atoms with Crippen LogP contribution in [0.5, 0.6) is 5.75 Å². The molecule has 1 atom stereocenters. The third-order valence-electron chi connectivity index (χ3n) is 4.18. The Morgan fingerprint density at radius 3 is 2.67 bits per heavy atom. The average molecular weight is 366 g/mol. The van der Waals surface area contributed by atoms with Crippen LogP contribution in [0.1, 0.15) is 13.8 Å². The van der Waals surface area contributed by atoms with E-state index in [0.29, 0.717) is 12.6 Å². The molecule has 1 aromatic carbocycles. The number of benzene rings is 1. The Kier molecular flexibility index (Phi) is 6.21. The Labute approximate surface area is 159 Å². The number of fused-ring (bicyclic) bond motifs is 1. The molecule has 0 aliphatic heterocycles. The predicted octanol–water partition coefficient (Wildman–Crippen LogP) is 3.08. The van der Waals surface area contributed by atoms with E-state index in [4.69, 9.17) is 9.72 Å². The molecule has 0 saturated carbocycles. The molecule has 3 rings (SSSR count). The number of pyridine rings is 2. The highest BCUT2D eigenvalue weighted by atomic mass is 16.5. The van der Waals surface area contributed by atoms with E-state index in [1.54, 1.807) is 0 Å². The summed E-state index contributed by atoms with van der Waals surface area (Å²) in [6, 6.07) is 14.0. The average Bonchev–Trinajstić information content (AvgIpc) is 2.70. The van der Waals surface area contributed by atoms with Gasteiger partial charge in [-0.15, -0.1) is 0 Å². The van der Waals surface area contributed by atoms with E-state index in [1.807, 2.05) is 69.6 Å². The minimum Gasteiger partial charge on any atom is -0.491 e. The van der Waals surface area contributed by atoms with E-state index in [1.165, 1.54) is 0 Å². The van der Waals surface area contributed by atoms with Crippen molar-refractivity contribution < 1.29 is 9.84 Å². The number of aromatic nitrogens is 2. The Morgan fingerprint density at radius 2 is 1.96 bits per heavy atom. The largest absolute Gasteiger partial charge is 0.491 e. The van der Waals surface area contributed by atoms with E-state index in [-0.39, 0.29) is 6.61 Å². The van der Waals surface area contributed by atoms with Gasteiger partial charge in [0.1, 0.15) is 24.3 Å². The van der Waals surface area contributed by atoms with Crippen molar-refractivity contribution in [2.45, 2.75) is 26.0 Å². The summed E-state index contributed by atoms with van der Waals surface area (Å²) in [5, 5.41) is 17.2. The molecule has 0 saturated heterocycles. The summed E-state index contributed by atoms with van der Waals surface area (Å²) < 4.78 is 5.71. The quantitative estimate of drug-likeness (QED) is 0.569. The van der Waals surface area contributed by atoms with E-state index < -0.39 is 6.10 Å². The van der Waals surface area contributed by atoms with Crippen molar-refractivity contribution in [1.29, 1.82) is 0 Å². The van der Waals surface area contributed by atoms with Gasteiger partial charge in [0.25, 0.3) is 0 Å². The first-order valence-corrected chi connectivity index (χ1v) is 9.14. The molecule has 6 nitrogen and oxygen atoms in total. The second-order valence-electron chi connectivity index (χ2n) is 6.76. The van der Waals surface area contributed by atoms with Gasteiger partial charge in [-0.1, -0.05) is 19.9 Å². The zero-order chi connectivity index (χ0) is 19.2. The van der Waals surface area contributed by atoms with E-state index in [2.05, 4.69) is 15.6 Å². The first-order chi connectivity index (χ1) is 13.0. The van der Waals surface area contributed by atoms with Gasteiger partial charge in [-0.05, 0) is 36.4 Å². The number of nitrogens with one attached hydrogen (secondary N) is 2. The van der Waals surface area contributed by atoms with Crippen LogP contribution >= 0.6 is 0 Å². The molecule has 0 aliphatic rings. The maximum absolute atomic E-state index is 9.96. The maximum atomic E-state index is 9.96. The van der Waals surface area contributed by atoms with Crippen LogP contribution in [0, 0.1) is 0 Å². The number of anilines is 1. The highest BCUT2D eigenvalue weighted by Gasteiger charge is 2.08. The summed E-state index contributed by atoms with van der Waals surface area (Å²) >= 11 is 0. The van der Waals surface area contributed by atoms with Crippen molar-refractivity contribution >= 4 is 16.7 Å².